The minimum absolute atomic E-state index is 0.0757. The molecule has 3 rings (SSSR count). The van der Waals surface area contributed by atoms with Crippen LogP contribution in [-0.4, -0.2) is 35.9 Å². The maximum Gasteiger partial charge on any atom is 0.361 e. The average molecular weight is 380 g/mol. The summed E-state index contributed by atoms with van der Waals surface area (Å²) < 4.78 is 10.4. The number of aromatic hydroxyl groups is 1. The molecule has 27 heavy (non-hydrogen) atoms. The highest BCUT2D eigenvalue weighted by Crippen LogP contribution is 2.36. The Bertz CT molecular complexity index is 1060. The highest BCUT2D eigenvalue weighted by Gasteiger charge is 2.26. The van der Waals surface area contributed by atoms with Crippen LogP contribution in [0.1, 0.15) is 23.1 Å². The van der Waals surface area contributed by atoms with Gasteiger partial charge in [-0.25, -0.2) is 9.78 Å². The summed E-state index contributed by atoms with van der Waals surface area (Å²) in [7, 11) is -1.71. The Kier molecular flexibility index (Phi) is 5.01. The Labute approximate surface area is 158 Å². The van der Waals surface area contributed by atoms with E-state index in [0.717, 1.165) is 5.56 Å². The lowest BCUT2D eigenvalue weighted by atomic mass is 10.1. The Hall–Kier alpha value is -3.11. The fourth-order valence-electron chi connectivity index (χ4n) is 2.47. The van der Waals surface area contributed by atoms with Crippen LogP contribution in [0.3, 0.4) is 0 Å². The Balaban J connectivity index is 2.32. The number of hydrogen-bond acceptors (Lipinski definition) is 6. The quantitative estimate of drug-likeness (QED) is 0.420. The van der Waals surface area contributed by atoms with E-state index >= 15 is 0 Å². The summed E-state index contributed by atoms with van der Waals surface area (Å²) in [6.45, 7) is 8.17. The lowest BCUT2D eigenvalue weighted by molar-refractivity contribution is 0.0516. The fourth-order valence-corrected chi connectivity index (χ4v) is 2.97. The van der Waals surface area contributed by atoms with Gasteiger partial charge < -0.3 is 14.4 Å². The number of esters is 1. The SMILES string of the molecule is CCOC(=O)c1nc(C#C[Si](C)(C)C)c2c(-c3ccccc3)noc2c1O. The van der Waals surface area contributed by atoms with Gasteiger partial charge in [0, 0.05) is 5.56 Å². The summed E-state index contributed by atoms with van der Waals surface area (Å²) in [6, 6.07) is 9.41. The smallest absolute Gasteiger partial charge is 0.361 e. The van der Waals surface area contributed by atoms with E-state index in [1.807, 2.05) is 30.3 Å². The second kappa shape index (κ2) is 7.25. The van der Waals surface area contributed by atoms with Gasteiger partial charge in [0.2, 0.25) is 5.58 Å². The number of fused-ring (bicyclic) bond motifs is 1. The van der Waals surface area contributed by atoms with E-state index < -0.39 is 19.8 Å². The summed E-state index contributed by atoms with van der Waals surface area (Å²) >= 11 is 0. The van der Waals surface area contributed by atoms with E-state index in [-0.39, 0.29) is 17.9 Å². The van der Waals surface area contributed by atoms with Crippen molar-refractivity contribution in [2.75, 3.05) is 6.61 Å². The van der Waals surface area contributed by atoms with Crippen molar-refractivity contribution in [1.82, 2.24) is 10.1 Å². The highest BCUT2D eigenvalue weighted by atomic mass is 28.3. The zero-order valence-electron chi connectivity index (χ0n) is 15.7. The largest absolute Gasteiger partial charge is 0.502 e. The van der Waals surface area contributed by atoms with Crippen LogP contribution in [0.5, 0.6) is 5.75 Å². The number of hydrogen-bond donors (Lipinski definition) is 1. The third-order valence-corrected chi connectivity index (χ3v) is 4.54. The van der Waals surface area contributed by atoms with Gasteiger partial charge in [0.25, 0.3) is 0 Å². The molecule has 7 heteroatoms. The molecule has 0 radical (unpaired) electrons. The lowest BCUT2D eigenvalue weighted by Crippen LogP contribution is -2.16. The van der Waals surface area contributed by atoms with E-state index in [1.165, 1.54) is 0 Å². The minimum Gasteiger partial charge on any atom is -0.502 e. The van der Waals surface area contributed by atoms with Crippen molar-refractivity contribution in [3.8, 4) is 28.5 Å². The molecule has 2 heterocycles. The van der Waals surface area contributed by atoms with Crippen LogP contribution in [0.25, 0.3) is 22.2 Å². The molecule has 0 saturated carbocycles. The van der Waals surface area contributed by atoms with Crippen molar-refractivity contribution in [1.29, 1.82) is 0 Å². The highest BCUT2D eigenvalue weighted by molar-refractivity contribution is 6.83. The first kappa shape index (κ1) is 18.7. The van der Waals surface area contributed by atoms with E-state index in [9.17, 15) is 9.90 Å². The minimum atomic E-state index is -1.71. The number of nitrogens with zero attached hydrogens (tertiary/aromatic N) is 2. The molecule has 0 bridgehead atoms. The molecule has 0 saturated heterocycles. The van der Waals surface area contributed by atoms with Crippen LogP contribution in [0, 0.1) is 11.5 Å². The van der Waals surface area contributed by atoms with Gasteiger partial charge in [-0.1, -0.05) is 61.0 Å². The van der Waals surface area contributed by atoms with E-state index in [1.54, 1.807) is 6.92 Å². The number of aromatic nitrogens is 2. The van der Waals surface area contributed by atoms with Crippen LogP contribution in [0.4, 0.5) is 0 Å². The standard InChI is InChI=1S/C20H20N2O4Si/c1-5-25-20(24)17-18(23)19-15(14(21-17)11-12-27(2,3)4)16(22-26-19)13-9-7-6-8-10-13/h6-10,23H,5H2,1-4H3. The van der Waals surface area contributed by atoms with Gasteiger partial charge >= 0.3 is 5.97 Å². The maximum absolute atomic E-state index is 12.2. The number of carbonyl (C=O) groups is 1. The van der Waals surface area contributed by atoms with Gasteiger partial charge in [-0.3, -0.25) is 0 Å². The molecule has 2 aromatic heterocycles. The summed E-state index contributed by atoms with van der Waals surface area (Å²) in [6.07, 6.45) is 0. The molecule has 1 N–H and O–H groups in total. The van der Waals surface area contributed by atoms with Crippen LogP contribution in [0.2, 0.25) is 19.6 Å². The molecule has 0 unspecified atom stereocenters. The molecule has 1 aromatic carbocycles. The predicted molar refractivity (Wildman–Crippen MR) is 105 cm³/mol. The molecule has 0 aliphatic rings. The first-order valence-corrected chi connectivity index (χ1v) is 12.1. The molecular formula is C20H20N2O4Si. The van der Waals surface area contributed by atoms with Crippen molar-refractivity contribution in [2.45, 2.75) is 26.6 Å². The summed E-state index contributed by atoms with van der Waals surface area (Å²) in [5, 5.41) is 15.1. The molecule has 0 fully saturated rings. The molecule has 0 amide bonds. The van der Waals surface area contributed by atoms with E-state index in [0.29, 0.717) is 16.8 Å². The van der Waals surface area contributed by atoms with Gasteiger partial charge in [0.05, 0.1) is 12.0 Å². The molecule has 6 nitrogen and oxygen atoms in total. The summed E-state index contributed by atoms with van der Waals surface area (Å²) in [5.74, 6) is 1.95. The predicted octanol–water partition coefficient (Wildman–Crippen LogP) is 4.00. The first-order chi connectivity index (χ1) is 12.8. The fraction of sp³-hybridized carbons (Fsp3) is 0.250. The normalized spacial score (nSPS) is 11.1. The third-order valence-electron chi connectivity index (χ3n) is 3.66. The van der Waals surface area contributed by atoms with E-state index in [2.05, 4.69) is 41.2 Å². The van der Waals surface area contributed by atoms with Crippen LogP contribution in [0.15, 0.2) is 34.9 Å². The number of carbonyl (C=O) groups excluding carboxylic acids is 1. The topological polar surface area (TPSA) is 85.5 Å². The molecule has 0 aliphatic heterocycles. The van der Waals surface area contributed by atoms with Gasteiger partial charge in [0.1, 0.15) is 19.5 Å². The molecule has 0 atom stereocenters. The monoisotopic (exact) mass is 380 g/mol. The van der Waals surface area contributed by atoms with Gasteiger partial charge in [-0.2, -0.15) is 0 Å². The second-order valence-electron chi connectivity index (χ2n) is 6.98. The summed E-state index contributed by atoms with van der Waals surface area (Å²) in [4.78, 5) is 16.5. The molecule has 3 aromatic rings. The van der Waals surface area contributed by atoms with Crippen molar-refractivity contribution in [3.05, 3.63) is 41.7 Å². The first-order valence-electron chi connectivity index (χ1n) is 8.60. The maximum atomic E-state index is 12.2. The van der Waals surface area contributed by atoms with Crippen molar-refractivity contribution >= 4 is 25.0 Å². The van der Waals surface area contributed by atoms with E-state index in [4.69, 9.17) is 9.26 Å². The van der Waals surface area contributed by atoms with Crippen molar-refractivity contribution in [3.63, 3.8) is 0 Å². The van der Waals surface area contributed by atoms with Crippen LogP contribution < -0.4 is 0 Å². The average Bonchev–Trinajstić information content (AvgIpc) is 3.07. The zero-order chi connectivity index (χ0) is 19.6. The Morgan fingerprint density at radius 3 is 2.59 bits per heavy atom. The Morgan fingerprint density at radius 1 is 1.26 bits per heavy atom. The van der Waals surface area contributed by atoms with Gasteiger partial charge in [0.15, 0.2) is 11.4 Å². The molecule has 138 valence electrons. The molecule has 0 aliphatic carbocycles. The third kappa shape index (κ3) is 3.86. The van der Waals surface area contributed by atoms with Crippen LogP contribution in [-0.2, 0) is 4.74 Å². The van der Waals surface area contributed by atoms with Gasteiger partial charge in [-0.05, 0) is 6.92 Å². The Morgan fingerprint density at radius 2 is 1.96 bits per heavy atom. The van der Waals surface area contributed by atoms with Crippen molar-refractivity contribution in [2.24, 2.45) is 0 Å². The summed E-state index contributed by atoms with van der Waals surface area (Å²) in [5.41, 5.74) is 4.75. The molecular weight excluding hydrogens is 360 g/mol. The second-order valence-corrected chi connectivity index (χ2v) is 11.7. The number of benzene rings is 1. The van der Waals surface area contributed by atoms with Gasteiger partial charge in [-0.15, -0.1) is 5.54 Å². The van der Waals surface area contributed by atoms with Crippen molar-refractivity contribution < 1.29 is 19.2 Å². The number of rotatable bonds is 3. The number of pyridine rings is 1. The number of ether oxygens (including phenoxy) is 1. The zero-order valence-corrected chi connectivity index (χ0v) is 16.7. The molecule has 0 spiro atoms. The lowest BCUT2D eigenvalue weighted by Gasteiger charge is -2.07. The van der Waals surface area contributed by atoms with Crippen LogP contribution >= 0.6 is 0 Å².